The molecule has 0 N–H and O–H groups in total. The summed E-state index contributed by atoms with van der Waals surface area (Å²) in [6.07, 6.45) is 0. The van der Waals surface area contributed by atoms with Crippen LogP contribution >= 0.6 is 27.7 Å². The summed E-state index contributed by atoms with van der Waals surface area (Å²) in [5.74, 6) is 0.863. The van der Waals surface area contributed by atoms with Crippen LogP contribution in [-0.2, 0) is 4.74 Å². The van der Waals surface area contributed by atoms with E-state index in [2.05, 4.69) is 22.0 Å². The number of ether oxygens (including phenoxy) is 1. The first-order chi connectivity index (χ1) is 6.77. The molecule has 14 heavy (non-hydrogen) atoms. The molecule has 0 radical (unpaired) electrons. The van der Waals surface area contributed by atoms with Crippen LogP contribution in [0.5, 0.6) is 0 Å². The largest absolute Gasteiger partial charge is 0.384 e. The van der Waals surface area contributed by atoms with E-state index < -0.39 is 0 Å². The van der Waals surface area contributed by atoms with Crippen LogP contribution in [0.4, 0.5) is 0 Å². The molecule has 0 aliphatic rings. The Labute approximate surface area is 96.4 Å². The van der Waals surface area contributed by atoms with Crippen LogP contribution in [0.3, 0.4) is 0 Å². The molecule has 0 aromatic heterocycles. The Bertz CT molecular complexity index is 348. The minimum Gasteiger partial charge on any atom is -0.384 e. The number of benzene rings is 1. The molecule has 1 aromatic carbocycles. The smallest absolute Gasteiger partial charge is 0.100 e. The van der Waals surface area contributed by atoms with E-state index in [1.165, 1.54) is 0 Å². The third-order valence-electron chi connectivity index (χ3n) is 1.61. The first kappa shape index (κ1) is 11.6. The van der Waals surface area contributed by atoms with Gasteiger partial charge in [-0.25, -0.2) is 0 Å². The zero-order valence-electron chi connectivity index (χ0n) is 7.79. The monoisotopic (exact) mass is 271 g/mol. The molecule has 2 nitrogen and oxygen atoms in total. The molecule has 0 saturated carbocycles. The number of methoxy groups -OCH3 is 1. The molecular formula is C10H10BrNOS. The van der Waals surface area contributed by atoms with Gasteiger partial charge in [-0.2, -0.15) is 5.26 Å². The molecule has 0 bridgehead atoms. The van der Waals surface area contributed by atoms with E-state index in [9.17, 15) is 0 Å². The zero-order chi connectivity index (χ0) is 10.4. The molecule has 0 saturated heterocycles. The summed E-state index contributed by atoms with van der Waals surface area (Å²) in [5, 5.41) is 8.86. The van der Waals surface area contributed by atoms with Gasteiger partial charge in [-0.15, -0.1) is 11.8 Å². The predicted molar refractivity (Wildman–Crippen MR) is 61.5 cm³/mol. The molecule has 0 unspecified atom stereocenters. The Morgan fingerprint density at radius 1 is 1.57 bits per heavy atom. The van der Waals surface area contributed by atoms with Gasteiger partial charge in [0.1, 0.15) is 6.07 Å². The van der Waals surface area contributed by atoms with Crippen LogP contribution in [0.1, 0.15) is 5.56 Å². The van der Waals surface area contributed by atoms with Crippen molar-refractivity contribution in [3.8, 4) is 6.07 Å². The lowest BCUT2D eigenvalue weighted by Crippen LogP contribution is -1.92. The molecule has 1 aromatic rings. The van der Waals surface area contributed by atoms with Gasteiger partial charge in [0.15, 0.2) is 0 Å². The summed E-state index contributed by atoms with van der Waals surface area (Å²) in [6, 6.07) is 7.82. The number of hydrogen-bond acceptors (Lipinski definition) is 3. The minimum absolute atomic E-state index is 0.696. The quantitative estimate of drug-likeness (QED) is 0.624. The highest BCUT2D eigenvalue weighted by molar-refractivity contribution is 9.10. The fourth-order valence-corrected chi connectivity index (χ4v) is 2.40. The van der Waals surface area contributed by atoms with Gasteiger partial charge < -0.3 is 4.74 Å². The zero-order valence-corrected chi connectivity index (χ0v) is 10.2. The molecule has 74 valence electrons. The maximum absolute atomic E-state index is 8.86. The van der Waals surface area contributed by atoms with Crippen molar-refractivity contribution in [2.45, 2.75) is 4.90 Å². The third kappa shape index (κ3) is 3.33. The van der Waals surface area contributed by atoms with Crippen molar-refractivity contribution in [2.24, 2.45) is 0 Å². The number of halogens is 1. The lowest BCUT2D eigenvalue weighted by atomic mass is 10.2. The van der Waals surface area contributed by atoms with Crippen molar-refractivity contribution in [3.63, 3.8) is 0 Å². The summed E-state index contributed by atoms with van der Waals surface area (Å²) < 4.78 is 5.95. The van der Waals surface area contributed by atoms with Crippen molar-refractivity contribution in [1.29, 1.82) is 5.26 Å². The van der Waals surface area contributed by atoms with Crippen molar-refractivity contribution in [2.75, 3.05) is 19.5 Å². The van der Waals surface area contributed by atoms with Gasteiger partial charge in [-0.05, 0) is 18.2 Å². The highest BCUT2D eigenvalue weighted by atomic mass is 79.9. The van der Waals surface area contributed by atoms with Gasteiger partial charge in [0, 0.05) is 22.2 Å². The second kappa shape index (κ2) is 6.07. The third-order valence-corrected chi connectivity index (χ3v) is 3.12. The molecule has 0 fully saturated rings. The van der Waals surface area contributed by atoms with E-state index in [1.54, 1.807) is 18.9 Å². The summed E-state index contributed by atoms with van der Waals surface area (Å²) in [6.45, 7) is 0.696. The SMILES string of the molecule is COCCSc1cc(Br)ccc1C#N. The van der Waals surface area contributed by atoms with Crippen LogP contribution < -0.4 is 0 Å². The molecule has 0 aliphatic carbocycles. The van der Waals surface area contributed by atoms with Crippen LogP contribution in [-0.4, -0.2) is 19.5 Å². The van der Waals surface area contributed by atoms with Crippen molar-refractivity contribution >= 4 is 27.7 Å². The molecule has 0 amide bonds. The lowest BCUT2D eigenvalue weighted by Gasteiger charge is -2.03. The van der Waals surface area contributed by atoms with Gasteiger partial charge in [0.05, 0.1) is 12.2 Å². The van der Waals surface area contributed by atoms with Crippen LogP contribution in [0.25, 0.3) is 0 Å². The van der Waals surface area contributed by atoms with E-state index in [4.69, 9.17) is 10.00 Å². The minimum atomic E-state index is 0.696. The second-order valence-corrected chi connectivity index (χ2v) is 4.65. The standard InChI is InChI=1S/C10H10BrNOS/c1-13-4-5-14-10-6-9(11)3-2-8(10)7-12/h2-3,6H,4-5H2,1H3. The fraction of sp³-hybridized carbons (Fsp3) is 0.300. The van der Waals surface area contributed by atoms with Gasteiger partial charge in [0.25, 0.3) is 0 Å². The van der Waals surface area contributed by atoms with Gasteiger partial charge in [-0.3, -0.25) is 0 Å². The number of nitrogens with zero attached hydrogens (tertiary/aromatic N) is 1. The summed E-state index contributed by atoms with van der Waals surface area (Å²) >= 11 is 5.01. The fourth-order valence-electron chi connectivity index (χ4n) is 0.943. The average molecular weight is 272 g/mol. The van der Waals surface area contributed by atoms with E-state index in [0.717, 1.165) is 15.1 Å². The molecule has 0 spiro atoms. The number of nitriles is 1. The maximum Gasteiger partial charge on any atom is 0.100 e. The van der Waals surface area contributed by atoms with Crippen LogP contribution in [0.2, 0.25) is 0 Å². The predicted octanol–water partition coefficient (Wildman–Crippen LogP) is 3.06. The van der Waals surface area contributed by atoms with E-state index in [0.29, 0.717) is 12.2 Å². The van der Waals surface area contributed by atoms with Crippen molar-refractivity contribution in [1.82, 2.24) is 0 Å². The van der Waals surface area contributed by atoms with Gasteiger partial charge in [-0.1, -0.05) is 15.9 Å². The van der Waals surface area contributed by atoms with Gasteiger partial charge >= 0.3 is 0 Å². The van der Waals surface area contributed by atoms with Crippen LogP contribution in [0, 0.1) is 11.3 Å². The van der Waals surface area contributed by atoms with E-state index in [1.807, 2.05) is 18.2 Å². The number of thioether (sulfide) groups is 1. The Morgan fingerprint density at radius 3 is 3.00 bits per heavy atom. The maximum atomic E-state index is 8.86. The Balaban J connectivity index is 2.73. The van der Waals surface area contributed by atoms with E-state index in [-0.39, 0.29) is 0 Å². The molecule has 1 rings (SSSR count). The van der Waals surface area contributed by atoms with Gasteiger partial charge in [0.2, 0.25) is 0 Å². The highest BCUT2D eigenvalue weighted by Gasteiger charge is 2.02. The molecule has 0 aliphatic heterocycles. The first-order valence-electron chi connectivity index (χ1n) is 4.09. The molecule has 0 atom stereocenters. The molecular weight excluding hydrogens is 262 g/mol. The normalized spacial score (nSPS) is 9.79. The van der Waals surface area contributed by atoms with Crippen molar-refractivity contribution in [3.05, 3.63) is 28.2 Å². The molecule has 4 heteroatoms. The first-order valence-corrected chi connectivity index (χ1v) is 5.87. The summed E-state index contributed by atoms with van der Waals surface area (Å²) in [7, 11) is 1.67. The van der Waals surface area contributed by atoms with Crippen LogP contribution in [0.15, 0.2) is 27.6 Å². The Kier molecular flexibility index (Phi) is 5.02. The number of rotatable bonds is 4. The average Bonchev–Trinajstić information content (AvgIpc) is 2.19. The second-order valence-electron chi connectivity index (χ2n) is 2.59. The Hall–Kier alpha value is -0.500. The number of hydrogen-bond donors (Lipinski definition) is 0. The molecule has 0 heterocycles. The lowest BCUT2D eigenvalue weighted by molar-refractivity contribution is 0.218. The highest BCUT2D eigenvalue weighted by Crippen LogP contribution is 2.25. The van der Waals surface area contributed by atoms with E-state index >= 15 is 0 Å². The summed E-state index contributed by atoms with van der Waals surface area (Å²) in [5.41, 5.74) is 0.717. The van der Waals surface area contributed by atoms with Crippen molar-refractivity contribution < 1.29 is 4.74 Å². The topological polar surface area (TPSA) is 33.0 Å². The Morgan fingerprint density at radius 2 is 2.36 bits per heavy atom. The summed E-state index contributed by atoms with van der Waals surface area (Å²) in [4.78, 5) is 0.999.